The third-order valence-corrected chi connectivity index (χ3v) is 4.62. The van der Waals surface area contributed by atoms with Gasteiger partial charge in [0.2, 0.25) is 0 Å². The lowest BCUT2D eigenvalue weighted by Crippen LogP contribution is -2.39. The zero-order chi connectivity index (χ0) is 19.8. The van der Waals surface area contributed by atoms with Crippen molar-refractivity contribution in [3.63, 3.8) is 0 Å². The molecule has 3 atom stereocenters. The number of methoxy groups -OCH3 is 2. The van der Waals surface area contributed by atoms with Gasteiger partial charge in [0.25, 0.3) is 0 Å². The molecule has 0 aliphatic rings. The monoisotopic (exact) mass is 373 g/mol. The lowest BCUT2D eigenvalue weighted by Gasteiger charge is -2.22. The van der Waals surface area contributed by atoms with Crippen LogP contribution in [0.5, 0.6) is 11.5 Å². The lowest BCUT2D eigenvalue weighted by molar-refractivity contribution is -0.142. The Morgan fingerprint density at radius 3 is 2.26 bits per heavy atom. The van der Waals surface area contributed by atoms with Crippen molar-refractivity contribution in [2.75, 3.05) is 14.2 Å². The molecule has 2 aromatic carbocycles. The van der Waals surface area contributed by atoms with Crippen LogP contribution >= 0.6 is 0 Å². The zero-order valence-electron chi connectivity index (χ0n) is 15.7. The molecule has 0 aliphatic heterocycles. The Morgan fingerprint density at radius 2 is 1.67 bits per heavy atom. The Balaban J connectivity index is 1.98. The fourth-order valence-electron chi connectivity index (χ4n) is 2.99. The van der Waals surface area contributed by atoms with Crippen LogP contribution in [0.2, 0.25) is 0 Å². The quantitative estimate of drug-likeness (QED) is 0.590. The van der Waals surface area contributed by atoms with Crippen LogP contribution in [0.25, 0.3) is 0 Å². The molecule has 0 amide bonds. The van der Waals surface area contributed by atoms with E-state index in [2.05, 4.69) is 0 Å². The van der Waals surface area contributed by atoms with E-state index >= 15 is 0 Å². The second kappa shape index (κ2) is 9.94. The molecule has 4 N–H and O–H groups in total. The Bertz CT molecular complexity index is 732. The van der Waals surface area contributed by atoms with Gasteiger partial charge >= 0.3 is 5.97 Å². The standard InChI is InChI=1S/C21H27NO5/c1-26-17-8-6-14(7-9-17)12-19(22)20(23)13-16(21(24)25)10-15-4-3-5-18(11-15)27-2/h3-9,11,16,19-20,23H,10,12-13,22H2,1-2H3,(H,24,25)/t16-,19+,20+/m1/s1. The summed E-state index contributed by atoms with van der Waals surface area (Å²) in [6.45, 7) is 0. The van der Waals surface area contributed by atoms with Crippen molar-refractivity contribution >= 4 is 5.97 Å². The van der Waals surface area contributed by atoms with Crippen molar-refractivity contribution in [1.82, 2.24) is 0 Å². The fourth-order valence-corrected chi connectivity index (χ4v) is 2.99. The average molecular weight is 373 g/mol. The second-order valence-electron chi connectivity index (χ2n) is 6.61. The van der Waals surface area contributed by atoms with Gasteiger partial charge in [0.15, 0.2) is 0 Å². The topological polar surface area (TPSA) is 102 Å². The summed E-state index contributed by atoms with van der Waals surface area (Å²) in [5.74, 6) is -0.256. The summed E-state index contributed by atoms with van der Waals surface area (Å²) >= 11 is 0. The third kappa shape index (κ3) is 6.27. The Labute approximate surface area is 159 Å². The highest BCUT2D eigenvalue weighted by Crippen LogP contribution is 2.21. The molecule has 2 rings (SSSR count). The van der Waals surface area contributed by atoms with Crippen molar-refractivity contribution in [2.45, 2.75) is 31.4 Å². The van der Waals surface area contributed by atoms with Crippen molar-refractivity contribution < 1.29 is 24.5 Å². The highest BCUT2D eigenvalue weighted by Gasteiger charge is 2.25. The van der Waals surface area contributed by atoms with Gasteiger partial charge in [0.05, 0.1) is 26.2 Å². The van der Waals surface area contributed by atoms with Gasteiger partial charge in [-0.05, 0) is 54.7 Å². The van der Waals surface area contributed by atoms with Crippen LogP contribution in [-0.4, -0.2) is 42.5 Å². The number of benzene rings is 2. The van der Waals surface area contributed by atoms with E-state index in [0.717, 1.165) is 16.9 Å². The van der Waals surface area contributed by atoms with Crippen LogP contribution in [0.3, 0.4) is 0 Å². The molecule has 0 saturated carbocycles. The van der Waals surface area contributed by atoms with Crippen LogP contribution in [0, 0.1) is 5.92 Å². The summed E-state index contributed by atoms with van der Waals surface area (Å²) in [7, 11) is 3.16. The van der Waals surface area contributed by atoms with Gasteiger partial charge < -0.3 is 25.4 Å². The van der Waals surface area contributed by atoms with Crippen LogP contribution < -0.4 is 15.2 Å². The summed E-state index contributed by atoms with van der Waals surface area (Å²) in [5.41, 5.74) is 7.92. The summed E-state index contributed by atoms with van der Waals surface area (Å²) < 4.78 is 10.3. The van der Waals surface area contributed by atoms with E-state index in [1.54, 1.807) is 26.4 Å². The predicted octanol–water partition coefficient (Wildman–Crippen LogP) is 2.27. The fraction of sp³-hybridized carbons (Fsp3) is 0.381. The number of nitrogens with two attached hydrogens (primary N) is 1. The van der Waals surface area contributed by atoms with E-state index in [0.29, 0.717) is 18.6 Å². The van der Waals surface area contributed by atoms with Crippen LogP contribution in [0.15, 0.2) is 48.5 Å². The normalized spacial score (nSPS) is 14.2. The summed E-state index contributed by atoms with van der Waals surface area (Å²) in [6.07, 6.45) is -0.0712. The number of aliphatic hydroxyl groups is 1. The van der Waals surface area contributed by atoms with E-state index in [1.165, 1.54) is 0 Å². The molecule has 146 valence electrons. The minimum Gasteiger partial charge on any atom is -0.497 e. The maximum Gasteiger partial charge on any atom is 0.306 e. The van der Waals surface area contributed by atoms with Gasteiger partial charge in [-0.2, -0.15) is 0 Å². The molecule has 27 heavy (non-hydrogen) atoms. The molecular weight excluding hydrogens is 346 g/mol. The summed E-state index contributed by atoms with van der Waals surface area (Å²) in [6, 6.07) is 14.2. The average Bonchev–Trinajstić information content (AvgIpc) is 2.68. The highest BCUT2D eigenvalue weighted by molar-refractivity contribution is 5.70. The molecule has 6 nitrogen and oxygen atoms in total. The van der Waals surface area contributed by atoms with Crippen LogP contribution in [0.4, 0.5) is 0 Å². The molecule has 2 aromatic rings. The molecular formula is C21H27NO5. The van der Waals surface area contributed by atoms with Crippen LogP contribution in [0.1, 0.15) is 17.5 Å². The molecule has 0 heterocycles. The van der Waals surface area contributed by atoms with E-state index in [-0.39, 0.29) is 6.42 Å². The van der Waals surface area contributed by atoms with E-state index < -0.39 is 24.0 Å². The van der Waals surface area contributed by atoms with Crippen molar-refractivity contribution in [1.29, 1.82) is 0 Å². The van der Waals surface area contributed by atoms with Crippen molar-refractivity contribution in [3.8, 4) is 11.5 Å². The highest BCUT2D eigenvalue weighted by atomic mass is 16.5. The number of carbonyl (C=O) groups is 1. The first kappa shape index (κ1) is 20.7. The summed E-state index contributed by atoms with van der Waals surface area (Å²) in [4.78, 5) is 11.6. The van der Waals surface area contributed by atoms with Crippen molar-refractivity contribution in [2.24, 2.45) is 11.7 Å². The molecule has 0 fully saturated rings. The number of hydrogen-bond acceptors (Lipinski definition) is 5. The number of hydrogen-bond donors (Lipinski definition) is 3. The number of carboxylic acids is 1. The maximum absolute atomic E-state index is 11.6. The third-order valence-electron chi connectivity index (χ3n) is 4.62. The number of ether oxygens (including phenoxy) is 2. The van der Waals surface area contributed by atoms with Gasteiger partial charge in [-0.3, -0.25) is 4.79 Å². The first-order chi connectivity index (χ1) is 12.9. The molecule has 0 radical (unpaired) electrons. The van der Waals surface area contributed by atoms with Gasteiger partial charge in [0.1, 0.15) is 11.5 Å². The minimum atomic E-state index is -0.950. The van der Waals surface area contributed by atoms with Gasteiger partial charge in [-0.25, -0.2) is 0 Å². The minimum absolute atomic E-state index is 0.0872. The molecule has 0 aromatic heterocycles. The summed E-state index contributed by atoms with van der Waals surface area (Å²) in [5, 5.41) is 20.0. The Kier molecular flexibility index (Phi) is 7.64. The Morgan fingerprint density at radius 1 is 1.00 bits per heavy atom. The molecule has 6 heteroatoms. The maximum atomic E-state index is 11.6. The Hall–Kier alpha value is -2.57. The molecule has 0 saturated heterocycles. The van der Waals surface area contributed by atoms with Gasteiger partial charge in [-0.1, -0.05) is 24.3 Å². The number of carboxylic acid groups (broad SMARTS) is 1. The van der Waals surface area contributed by atoms with Crippen LogP contribution in [-0.2, 0) is 17.6 Å². The molecule has 0 unspecified atom stereocenters. The molecule has 0 spiro atoms. The number of rotatable bonds is 10. The van der Waals surface area contributed by atoms with E-state index in [4.69, 9.17) is 15.2 Å². The van der Waals surface area contributed by atoms with Crippen molar-refractivity contribution in [3.05, 3.63) is 59.7 Å². The predicted molar refractivity (Wildman–Crippen MR) is 103 cm³/mol. The second-order valence-corrected chi connectivity index (χ2v) is 6.61. The number of aliphatic hydroxyl groups excluding tert-OH is 1. The molecule has 0 bridgehead atoms. The van der Waals surface area contributed by atoms with Gasteiger partial charge in [0, 0.05) is 6.04 Å². The lowest BCUT2D eigenvalue weighted by atomic mass is 9.89. The number of aliphatic carboxylic acids is 1. The van der Waals surface area contributed by atoms with Gasteiger partial charge in [-0.15, -0.1) is 0 Å². The largest absolute Gasteiger partial charge is 0.497 e. The smallest absolute Gasteiger partial charge is 0.306 e. The SMILES string of the molecule is COc1ccc(C[C@H](N)[C@@H](O)C[C@@H](Cc2cccc(OC)c2)C(=O)O)cc1. The zero-order valence-corrected chi connectivity index (χ0v) is 15.7. The first-order valence-electron chi connectivity index (χ1n) is 8.85. The van der Waals surface area contributed by atoms with E-state index in [1.807, 2.05) is 36.4 Å². The molecule has 0 aliphatic carbocycles. The van der Waals surface area contributed by atoms with E-state index in [9.17, 15) is 15.0 Å². The first-order valence-corrected chi connectivity index (χ1v) is 8.85.